The van der Waals surface area contributed by atoms with E-state index in [0.29, 0.717) is 12.3 Å². The van der Waals surface area contributed by atoms with Gasteiger partial charge in [-0.2, -0.15) is 0 Å². The number of nitrogens with one attached hydrogen (secondary N) is 1. The first-order valence-corrected chi connectivity index (χ1v) is 8.31. The molecule has 1 heterocycles. The maximum atomic E-state index is 12.2. The molecule has 6 nitrogen and oxygen atoms in total. The molecule has 0 saturated heterocycles. The molecule has 0 bridgehead atoms. The number of nitrogens with zero attached hydrogens (tertiary/aromatic N) is 2. The molecule has 0 radical (unpaired) electrons. The summed E-state index contributed by atoms with van der Waals surface area (Å²) >= 11 is 0. The van der Waals surface area contributed by atoms with Crippen LogP contribution in [0.2, 0.25) is 0 Å². The first-order valence-electron chi connectivity index (χ1n) is 8.31. The smallest absolute Gasteiger partial charge is 0.261 e. The number of benzene rings is 2. The fourth-order valence-electron chi connectivity index (χ4n) is 2.44. The number of aromatic nitrogens is 2. The molecule has 134 valence electrons. The lowest BCUT2D eigenvalue weighted by molar-refractivity contribution is -0.127. The molecular weight excluding hydrogens is 330 g/mol. The van der Waals surface area contributed by atoms with Crippen LogP contribution in [0.4, 0.5) is 0 Å². The van der Waals surface area contributed by atoms with Crippen LogP contribution in [0.25, 0.3) is 5.69 Å². The highest BCUT2D eigenvalue weighted by molar-refractivity contribution is 5.80. The molecule has 0 aliphatic rings. The zero-order valence-corrected chi connectivity index (χ0v) is 14.8. The van der Waals surface area contributed by atoms with Gasteiger partial charge in [-0.25, -0.2) is 4.98 Å². The minimum Gasteiger partial charge on any atom is -0.497 e. The lowest BCUT2D eigenvalue weighted by atomic mass is 10.2. The summed E-state index contributed by atoms with van der Waals surface area (Å²) < 4.78 is 12.7. The summed E-state index contributed by atoms with van der Waals surface area (Å²) in [5, 5.41) is 2.89. The van der Waals surface area contributed by atoms with E-state index in [9.17, 15) is 4.79 Å². The Bertz CT molecular complexity index is 828. The van der Waals surface area contributed by atoms with Crippen molar-refractivity contribution in [1.82, 2.24) is 14.9 Å². The molecule has 3 rings (SSSR count). The topological polar surface area (TPSA) is 65.4 Å². The molecule has 0 aliphatic carbocycles. The molecule has 6 heteroatoms. The Kier molecular flexibility index (Phi) is 5.53. The Hall–Kier alpha value is -3.28. The molecule has 3 aromatic rings. The first kappa shape index (κ1) is 17.5. The van der Waals surface area contributed by atoms with E-state index >= 15 is 0 Å². The van der Waals surface area contributed by atoms with Crippen LogP contribution < -0.4 is 14.8 Å². The second kappa shape index (κ2) is 8.20. The third kappa shape index (κ3) is 4.42. The molecule has 0 unspecified atom stereocenters. The van der Waals surface area contributed by atoms with Crippen molar-refractivity contribution in [3.8, 4) is 17.2 Å². The van der Waals surface area contributed by atoms with Crippen molar-refractivity contribution in [2.75, 3.05) is 7.11 Å². The van der Waals surface area contributed by atoms with Crippen LogP contribution in [0.15, 0.2) is 67.3 Å². The lowest BCUT2D eigenvalue weighted by Gasteiger charge is -2.15. The van der Waals surface area contributed by atoms with Gasteiger partial charge in [-0.15, -0.1) is 0 Å². The van der Waals surface area contributed by atoms with Crippen LogP contribution in [0.3, 0.4) is 0 Å². The zero-order chi connectivity index (χ0) is 18.4. The number of hydrogen-bond donors (Lipinski definition) is 1. The van der Waals surface area contributed by atoms with Gasteiger partial charge in [-0.3, -0.25) is 4.79 Å². The minimum atomic E-state index is -0.589. The predicted octanol–water partition coefficient (Wildman–Crippen LogP) is 2.96. The maximum Gasteiger partial charge on any atom is 0.261 e. The van der Waals surface area contributed by atoms with E-state index in [0.717, 1.165) is 17.0 Å². The van der Waals surface area contributed by atoms with Crippen LogP contribution in [0.5, 0.6) is 11.5 Å². The van der Waals surface area contributed by atoms with Crippen LogP contribution >= 0.6 is 0 Å². The monoisotopic (exact) mass is 351 g/mol. The molecule has 0 spiro atoms. The second-order valence-corrected chi connectivity index (χ2v) is 5.79. The summed E-state index contributed by atoms with van der Waals surface area (Å²) in [4.78, 5) is 16.3. The van der Waals surface area contributed by atoms with Crippen molar-refractivity contribution in [2.24, 2.45) is 0 Å². The van der Waals surface area contributed by atoms with Crippen molar-refractivity contribution in [2.45, 2.75) is 19.6 Å². The van der Waals surface area contributed by atoms with Crippen molar-refractivity contribution >= 4 is 5.91 Å². The number of imidazole rings is 1. The molecule has 26 heavy (non-hydrogen) atoms. The molecule has 2 aromatic carbocycles. The van der Waals surface area contributed by atoms with E-state index in [1.165, 1.54) is 0 Å². The normalized spacial score (nSPS) is 11.6. The summed E-state index contributed by atoms with van der Waals surface area (Å²) in [5.74, 6) is 1.20. The third-order valence-electron chi connectivity index (χ3n) is 3.95. The van der Waals surface area contributed by atoms with Gasteiger partial charge in [0.2, 0.25) is 0 Å². The van der Waals surface area contributed by atoms with E-state index in [4.69, 9.17) is 9.47 Å². The molecule has 0 aliphatic heterocycles. The van der Waals surface area contributed by atoms with E-state index in [1.54, 1.807) is 50.8 Å². The van der Waals surface area contributed by atoms with Crippen molar-refractivity contribution in [3.05, 3.63) is 72.8 Å². The Morgan fingerprint density at radius 3 is 2.42 bits per heavy atom. The van der Waals surface area contributed by atoms with Crippen molar-refractivity contribution in [3.63, 3.8) is 0 Å². The van der Waals surface area contributed by atoms with Gasteiger partial charge < -0.3 is 19.4 Å². The van der Waals surface area contributed by atoms with E-state index in [1.807, 2.05) is 35.0 Å². The van der Waals surface area contributed by atoms with Crippen LogP contribution in [-0.2, 0) is 11.3 Å². The molecule has 1 amide bonds. The molecule has 1 aromatic heterocycles. The molecular formula is C20H21N3O3. The Morgan fingerprint density at radius 1 is 1.12 bits per heavy atom. The van der Waals surface area contributed by atoms with Gasteiger partial charge in [-0.05, 0) is 48.9 Å². The van der Waals surface area contributed by atoms with Gasteiger partial charge in [0, 0.05) is 24.6 Å². The number of ether oxygens (including phenoxy) is 2. The Labute approximate surface area is 152 Å². The summed E-state index contributed by atoms with van der Waals surface area (Å²) in [6, 6.07) is 15.1. The van der Waals surface area contributed by atoms with Crippen LogP contribution in [0.1, 0.15) is 12.5 Å². The second-order valence-electron chi connectivity index (χ2n) is 5.79. The van der Waals surface area contributed by atoms with Gasteiger partial charge in [0.05, 0.1) is 13.4 Å². The molecule has 1 N–H and O–H groups in total. The number of amides is 1. The fourth-order valence-corrected chi connectivity index (χ4v) is 2.44. The predicted molar refractivity (Wildman–Crippen MR) is 98.5 cm³/mol. The summed E-state index contributed by atoms with van der Waals surface area (Å²) in [6.07, 6.45) is 4.77. The fraction of sp³-hybridized carbons (Fsp3) is 0.200. The van der Waals surface area contributed by atoms with Crippen molar-refractivity contribution in [1.29, 1.82) is 0 Å². The van der Waals surface area contributed by atoms with E-state index in [2.05, 4.69) is 10.3 Å². The minimum absolute atomic E-state index is 0.167. The number of carbonyl (C=O) groups excluding carboxylic acids is 1. The van der Waals surface area contributed by atoms with Crippen LogP contribution in [0, 0.1) is 0 Å². The highest BCUT2D eigenvalue weighted by atomic mass is 16.5. The molecule has 0 fully saturated rings. The zero-order valence-electron chi connectivity index (χ0n) is 14.8. The summed E-state index contributed by atoms with van der Waals surface area (Å²) in [7, 11) is 1.61. The van der Waals surface area contributed by atoms with Gasteiger partial charge in [0.25, 0.3) is 5.91 Å². The maximum absolute atomic E-state index is 12.2. The average Bonchev–Trinajstić information content (AvgIpc) is 3.22. The summed E-state index contributed by atoms with van der Waals surface area (Å²) in [5.41, 5.74) is 2.03. The highest BCUT2D eigenvalue weighted by Gasteiger charge is 2.14. The highest BCUT2D eigenvalue weighted by Crippen LogP contribution is 2.18. The number of carbonyl (C=O) groups is 1. The number of methoxy groups -OCH3 is 1. The van der Waals surface area contributed by atoms with Gasteiger partial charge in [0.1, 0.15) is 11.5 Å². The van der Waals surface area contributed by atoms with E-state index < -0.39 is 6.10 Å². The van der Waals surface area contributed by atoms with Crippen molar-refractivity contribution < 1.29 is 14.3 Å². The number of rotatable bonds is 7. The average molecular weight is 351 g/mol. The number of hydrogen-bond acceptors (Lipinski definition) is 4. The standard InChI is InChI=1S/C20H21N3O3/c1-15(26-19-9-7-18(25-2)8-10-19)20(24)22-13-16-3-5-17(6-4-16)23-12-11-21-14-23/h3-12,14-15H,13H2,1-2H3,(H,22,24)/t15-/m1/s1. The first-order chi connectivity index (χ1) is 12.7. The third-order valence-corrected chi connectivity index (χ3v) is 3.95. The Morgan fingerprint density at radius 2 is 1.81 bits per heavy atom. The SMILES string of the molecule is COc1ccc(O[C@H](C)C(=O)NCc2ccc(-n3ccnc3)cc2)cc1. The van der Waals surface area contributed by atoms with Crippen LogP contribution in [-0.4, -0.2) is 28.7 Å². The molecule has 0 saturated carbocycles. The van der Waals surface area contributed by atoms with E-state index in [-0.39, 0.29) is 5.91 Å². The van der Waals surface area contributed by atoms with Gasteiger partial charge >= 0.3 is 0 Å². The van der Waals surface area contributed by atoms with Gasteiger partial charge in [0.15, 0.2) is 6.10 Å². The van der Waals surface area contributed by atoms with Gasteiger partial charge in [-0.1, -0.05) is 12.1 Å². The Balaban J connectivity index is 1.51. The molecule has 1 atom stereocenters. The lowest BCUT2D eigenvalue weighted by Crippen LogP contribution is -2.35. The quantitative estimate of drug-likeness (QED) is 0.711. The largest absolute Gasteiger partial charge is 0.497 e. The summed E-state index contributed by atoms with van der Waals surface area (Å²) in [6.45, 7) is 2.17.